The number of fused-ring (bicyclic) bond motifs is 5. The Bertz CT molecular complexity index is 813. The molecule has 3 fully saturated rings. The summed E-state index contributed by atoms with van der Waals surface area (Å²) in [4.78, 5) is 18.0. The number of anilines is 1. The molecule has 4 aliphatic rings. The number of aryl methyl sites for hydroxylation is 1. The van der Waals surface area contributed by atoms with Gasteiger partial charge >= 0.3 is 0 Å². The number of rotatable bonds is 4. The number of hydrogen-bond donors (Lipinski definition) is 1. The Morgan fingerprint density at radius 3 is 2.60 bits per heavy atom. The van der Waals surface area contributed by atoms with Gasteiger partial charge in [0.1, 0.15) is 5.78 Å². The number of carbonyl (C=O) groups is 1. The highest BCUT2D eigenvalue weighted by molar-refractivity contribution is 5.87. The predicted molar refractivity (Wildman–Crippen MR) is 123 cm³/mol. The van der Waals surface area contributed by atoms with Gasteiger partial charge in [-0.3, -0.25) is 9.69 Å². The van der Waals surface area contributed by atoms with Gasteiger partial charge in [0.15, 0.2) is 0 Å². The second kappa shape index (κ2) is 7.94. The van der Waals surface area contributed by atoms with Crippen molar-refractivity contribution in [2.45, 2.75) is 90.3 Å². The molecule has 3 atom stereocenters. The van der Waals surface area contributed by atoms with Crippen LogP contribution in [-0.4, -0.2) is 48.9 Å². The van der Waals surface area contributed by atoms with E-state index in [0.29, 0.717) is 23.9 Å². The minimum absolute atomic E-state index is 0.0849. The van der Waals surface area contributed by atoms with Crippen LogP contribution in [0.25, 0.3) is 0 Å². The molecule has 1 aromatic rings. The lowest BCUT2D eigenvalue weighted by atomic mass is 9.71. The van der Waals surface area contributed by atoms with E-state index < -0.39 is 0 Å². The zero-order valence-corrected chi connectivity index (χ0v) is 19.2. The van der Waals surface area contributed by atoms with Crippen LogP contribution in [0.2, 0.25) is 0 Å². The van der Waals surface area contributed by atoms with Crippen molar-refractivity contribution in [1.82, 2.24) is 10.2 Å². The van der Waals surface area contributed by atoms with E-state index in [-0.39, 0.29) is 5.41 Å². The molecule has 30 heavy (non-hydrogen) atoms. The maximum Gasteiger partial charge on any atom is 0.140 e. The monoisotopic (exact) mass is 409 g/mol. The van der Waals surface area contributed by atoms with E-state index in [4.69, 9.17) is 0 Å². The van der Waals surface area contributed by atoms with Gasteiger partial charge in [-0.1, -0.05) is 26.8 Å². The molecular weight excluding hydrogens is 370 g/mol. The van der Waals surface area contributed by atoms with Gasteiger partial charge in [0.2, 0.25) is 0 Å². The molecule has 3 unspecified atom stereocenters. The van der Waals surface area contributed by atoms with Crippen molar-refractivity contribution in [3.63, 3.8) is 0 Å². The first kappa shape index (κ1) is 20.5. The van der Waals surface area contributed by atoms with Crippen LogP contribution < -0.4 is 10.2 Å². The van der Waals surface area contributed by atoms with Gasteiger partial charge in [-0.2, -0.15) is 0 Å². The first-order chi connectivity index (χ1) is 14.5. The zero-order valence-electron chi connectivity index (χ0n) is 19.2. The molecule has 0 bridgehead atoms. The van der Waals surface area contributed by atoms with E-state index in [9.17, 15) is 4.79 Å². The Morgan fingerprint density at radius 2 is 1.87 bits per heavy atom. The van der Waals surface area contributed by atoms with Crippen molar-refractivity contribution >= 4 is 11.5 Å². The zero-order chi connectivity index (χ0) is 20.9. The number of piperidine rings is 2. The highest BCUT2D eigenvalue weighted by Crippen LogP contribution is 2.52. The molecule has 0 spiro atoms. The summed E-state index contributed by atoms with van der Waals surface area (Å²) in [5.74, 6) is 0.516. The molecule has 0 radical (unpaired) electrons. The van der Waals surface area contributed by atoms with Gasteiger partial charge < -0.3 is 10.2 Å². The SMILES string of the molecule is CCNC1CCN(c2cc3c(cc2CC)C2CCC4(C)C(=O)CCC4N2CC3)CC1. The topological polar surface area (TPSA) is 35.6 Å². The second-order valence-electron chi connectivity index (χ2n) is 10.3. The van der Waals surface area contributed by atoms with Crippen molar-refractivity contribution in [2.75, 3.05) is 31.1 Å². The summed E-state index contributed by atoms with van der Waals surface area (Å²) in [6, 6.07) is 6.78. The smallest absolute Gasteiger partial charge is 0.140 e. The first-order valence-corrected chi connectivity index (χ1v) is 12.5. The van der Waals surface area contributed by atoms with E-state index in [1.165, 1.54) is 37.2 Å². The molecule has 4 heteroatoms. The minimum Gasteiger partial charge on any atom is -0.371 e. The molecule has 0 amide bonds. The van der Waals surface area contributed by atoms with Crippen molar-refractivity contribution in [1.29, 1.82) is 0 Å². The third-order valence-electron chi connectivity index (χ3n) is 8.80. The first-order valence-electron chi connectivity index (χ1n) is 12.5. The van der Waals surface area contributed by atoms with E-state index >= 15 is 0 Å². The summed E-state index contributed by atoms with van der Waals surface area (Å²) in [6.07, 6.45) is 8.80. The van der Waals surface area contributed by atoms with Crippen molar-refractivity contribution in [3.8, 4) is 0 Å². The summed E-state index contributed by atoms with van der Waals surface area (Å²) >= 11 is 0. The van der Waals surface area contributed by atoms with Crippen LogP contribution in [0, 0.1) is 5.41 Å². The number of carbonyl (C=O) groups excluding carboxylic acids is 1. The van der Waals surface area contributed by atoms with E-state index in [1.807, 2.05) is 0 Å². The normalized spacial score (nSPS) is 32.1. The lowest BCUT2D eigenvalue weighted by molar-refractivity contribution is -0.130. The Kier molecular flexibility index (Phi) is 5.43. The molecule has 0 aromatic heterocycles. The Balaban J connectivity index is 1.41. The summed E-state index contributed by atoms with van der Waals surface area (Å²) in [6.45, 7) is 11.3. The van der Waals surface area contributed by atoms with Crippen LogP contribution >= 0.6 is 0 Å². The van der Waals surface area contributed by atoms with Crippen LogP contribution in [0.1, 0.15) is 82.0 Å². The summed E-state index contributed by atoms with van der Waals surface area (Å²) in [5, 5.41) is 3.63. The van der Waals surface area contributed by atoms with E-state index in [1.54, 1.807) is 11.1 Å². The lowest BCUT2D eigenvalue weighted by Crippen LogP contribution is -2.53. The van der Waals surface area contributed by atoms with Gasteiger partial charge in [0.05, 0.1) is 0 Å². The molecule has 1 aliphatic carbocycles. The van der Waals surface area contributed by atoms with Crippen molar-refractivity contribution in [2.24, 2.45) is 5.41 Å². The van der Waals surface area contributed by atoms with Gasteiger partial charge in [-0.25, -0.2) is 0 Å². The lowest BCUT2D eigenvalue weighted by Gasteiger charge is -2.51. The highest BCUT2D eigenvalue weighted by atomic mass is 16.1. The van der Waals surface area contributed by atoms with Gasteiger partial charge in [-0.15, -0.1) is 0 Å². The van der Waals surface area contributed by atoms with E-state index in [2.05, 4.69) is 48.0 Å². The fourth-order valence-electron chi connectivity index (χ4n) is 7.02. The van der Waals surface area contributed by atoms with Gasteiger partial charge in [-0.05, 0) is 74.2 Å². The molecule has 5 rings (SSSR count). The molecule has 2 saturated heterocycles. The Morgan fingerprint density at radius 1 is 1.07 bits per heavy atom. The van der Waals surface area contributed by atoms with Crippen molar-refractivity contribution in [3.05, 3.63) is 28.8 Å². The Hall–Kier alpha value is -1.39. The molecule has 3 aliphatic heterocycles. The average Bonchev–Trinajstić information content (AvgIpc) is 3.08. The molecular formula is C26H39N3O. The molecule has 4 nitrogen and oxygen atoms in total. The molecule has 1 N–H and O–H groups in total. The number of ketones is 1. The van der Waals surface area contributed by atoms with E-state index in [0.717, 1.165) is 51.6 Å². The van der Waals surface area contributed by atoms with Gasteiger partial charge in [0.25, 0.3) is 0 Å². The quantitative estimate of drug-likeness (QED) is 0.806. The van der Waals surface area contributed by atoms with Crippen LogP contribution in [-0.2, 0) is 17.6 Å². The third-order valence-corrected chi connectivity index (χ3v) is 8.80. The van der Waals surface area contributed by atoms with Crippen LogP contribution in [0.5, 0.6) is 0 Å². The summed E-state index contributed by atoms with van der Waals surface area (Å²) in [5.41, 5.74) is 6.08. The Labute approximate surface area is 182 Å². The molecule has 3 heterocycles. The van der Waals surface area contributed by atoms with Crippen LogP contribution in [0.3, 0.4) is 0 Å². The average molecular weight is 410 g/mol. The van der Waals surface area contributed by atoms with Crippen molar-refractivity contribution < 1.29 is 4.79 Å². The fraction of sp³-hybridized carbons (Fsp3) is 0.731. The largest absolute Gasteiger partial charge is 0.371 e. The number of nitrogens with one attached hydrogen (secondary N) is 1. The number of hydrogen-bond acceptors (Lipinski definition) is 4. The standard InChI is InChI=1S/C26H39N3O/c1-4-18-16-21-19(17-23(18)28-13-10-20(11-14-28)27-5-2)9-15-29-22(21)8-12-26(3)24(29)6-7-25(26)30/h16-17,20,22,24,27H,4-15H2,1-3H3. The maximum absolute atomic E-state index is 12.6. The second-order valence-corrected chi connectivity index (χ2v) is 10.3. The highest BCUT2D eigenvalue weighted by Gasteiger charge is 2.53. The van der Waals surface area contributed by atoms with Gasteiger partial charge in [0, 0.05) is 55.3 Å². The number of benzene rings is 1. The van der Waals surface area contributed by atoms with Crippen LogP contribution in [0.15, 0.2) is 12.1 Å². The number of nitrogens with zero attached hydrogens (tertiary/aromatic N) is 2. The molecule has 1 aromatic carbocycles. The minimum atomic E-state index is -0.0849. The predicted octanol–water partition coefficient (Wildman–Crippen LogP) is 4.26. The summed E-state index contributed by atoms with van der Waals surface area (Å²) in [7, 11) is 0. The molecule has 1 saturated carbocycles. The maximum atomic E-state index is 12.6. The third kappa shape index (κ3) is 3.22. The fourth-order valence-corrected chi connectivity index (χ4v) is 7.02. The summed E-state index contributed by atoms with van der Waals surface area (Å²) < 4.78 is 0. The number of Topliss-reactive ketones (excluding diaryl/α,β-unsaturated/α-hetero) is 1. The molecule has 164 valence electrons. The van der Waals surface area contributed by atoms with Crippen LogP contribution in [0.4, 0.5) is 5.69 Å².